The second kappa shape index (κ2) is 5.97. The number of esters is 2. The summed E-state index contributed by atoms with van der Waals surface area (Å²) in [6.07, 6.45) is 3.03. The zero-order valence-electron chi connectivity index (χ0n) is 11.1. The lowest BCUT2D eigenvalue weighted by Crippen LogP contribution is -2.13. The lowest BCUT2D eigenvalue weighted by atomic mass is 10.0. The van der Waals surface area contributed by atoms with Gasteiger partial charge in [0.05, 0.1) is 24.4 Å². The Hall–Kier alpha value is -2.69. The van der Waals surface area contributed by atoms with Crippen LogP contribution >= 0.6 is 0 Å². The molecule has 2 rings (SSSR count). The van der Waals surface area contributed by atoms with Crippen molar-refractivity contribution in [2.75, 3.05) is 7.11 Å². The van der Waals surface area contributed by atoms with E-state index in [1.807, 2.05) is 0 Å². The van der Waals surface area contributed by atoms with Crippen molar-refractivity contribution in [3.05, 3.63) is 59.4 Å². The predicted octanol–water partition coefficient (Wildman–Crippen LogP) is 2.40. The SMILES string of the molecule is COC(=O)c1cccc(C(=O)Oc2cccnc2)c1C. The number of nitrogens with zero attached hydrogens (tertiary/aromatic N) is 1. The van der Waals surface area contributed by atoms with Gasteiger partial charge >= 0.3 is 11.9 Å². The Bertz CT molecular complexity index is 638. The maximum atomic E-state index is 12.1. The average molecular weight is 271 g/mol. The van der Waals surface area contributed by atoms with E-state index in [4.69, 9.17) is 4.74 Å². The largest absolute Gasteiger partial charge is 0.465 e. The molecule has 5 heteroatoms. The van der Waals surface area contributed by atoms with Crippen molar-refractivity contribution in [1.29, 1.82) is 0 Å². The van der Waals surface area contributed by atoms with Crippen molar-refractivity contribution < 1.29 is 19.1 Å². The lowest BCUT2D eigenvalue weighted by Gasteiger charge is -2.09. The number of aromatic nitrogens is 1. The van der Waals surface area contributed by atoms with Gasteiger partial charge in [0.25, 0.3) is 0 Å². The van der Waals surface area contributed by atoms with Crippen molar-refractivity contribution in [2.45, 2.75) is 6.92 Å². The number of carbonyl (C=O) groups is 2. The summed E-state index contributed by atoms with van der Waals surface area (Å²) < 4.78 is 9.87. The quantitative estimate of drug-likeness (QED) is 0.802. The summed E-state index contributed by atoms with van der Waals surface area (Å²) in [6.45, 7) is 1.67. The molecule has 0 aliphatic heterocycles. The van der Waals surface area contributed by atoms with E-state index in [9.17, 15) is 9.59 Å². The Morgan fingerprint density at radius 1 is 1.05 bits per heavy atom. The van der Waals surface area contributed by atoms with Crippen LogP contribution in [-0.2, 0) is 4.74 Å². The number of rotatable bonds is 3. The Kier molecular flexibility index (Phi) is 4.10. The van der Waals surface area contributed by atoms with Gasteiger partial charge in [-0.15, -0.1) is 0 Å². The van der Waals surface area contributed by atoms with E-state index in [1.165, 1.54) is 13.3 Å². The van der Waals surface area contributed by atoms with Gasteiger partial charge in [-0.05, 0) is 36.8 Å². The van der Waals surface area contributed by atoms with Gasteiger partial charge in [0.2, 0.25) is 0 Å². The Morgan fingerprint density at radius 2 is 1.75 bits per heavy atom. The fourth-order valence-corrected chi connectivity index (χ4v) is 1.76. The molecule has 0 aliphatic carbocycles. The predicted molar refractivity (Wildman–Crippen MR) is 71.7 cm³/mol. The summed E-state index contributed by atoms with van der Waals surface area (Å²) in [5.74, 6) is -0.680. The maximum absolute atomic E-state index is 12.1. The highest BCUT2D eigenvalue weighted by atomic mass is 16.5. The van der Waals surface area contributed by atoms with Crippen molar-refractivity contribution in [3.63, 3.8) is 0 Å². The Balaban J connectivity index is 2.29. The first-order valence-corrected chi connectivity index (χ1v) is 5.93. The number of pyridine rings is 1. The van der Waals surface area contributed by atoms with Crippen LogP contribution in [0.1, 0.15) is 26.3 Å². The van der Waals surface area contributed by atoms with Crippen molar-refractivity contribution in [1.82, 2.24) is 4.98 Å². The van der Waals surface area contributed by atoms with E-state index in [0.29, 0.717) is 22.4 Å². The highest BCUT2D eigenvalue weighted by molar-refractivity contribution is 5.98. The van der Waals surface area contributed by atoms with Crippen molar-refractivity contribution >= 4 is 11.9 Å². The molecule has 1 heterocycles. The van der Waals surface area contributed by atoms with E-state index < -0.39 is 11.9 Å². The number of methoxy groups -OCH3 is 1. The number of ether oxygens (including phenoxy) is 2. The fourth-order valence-electron chi connectivity index (χ4n) is 1.76. The summed E-state index contributed by atoms with van der Waals surface area (Å²) >= 11 is 0. The zero-order chi connectivity index (χ0) is 14.5. The Morgan fingerprint density at radius 3 is 2.35 bits per heavy atom. The molecule has 2 aromatic rings. The van der Waals surface area contributed by atoms with E-state index in [1.54, 1.807) is 43.5 Å². The fraction of sp³-hybridized carbons (Fsp3) is 0.133. The molecule has 20 heavy (non-hydrogen) atoms. The van der Waals surface area contributed by atoms with Crippen LogP contribution < -0.4 is 4.74 Å². The van der Waals surface area contributed by atoms with Gasteiger partial charge in [0.1, 0.15) is 5.75 Å². The molecule has 1 aromatic heterocycles. The van der Waals surface area contributed by atoms with Crippen LogP contribution in [0.15, 0.2) is 42.7 Å². The normalized spacial score (nSPS) is 9.90. The van der Waals surface area contributed by atoms with Crippen LogP contribution in [0.5, 0.6) is 5.75 Å². The van der Waals surface area contributed by atoms with Gasteiger partial charge in [-0.3, -0.25) is 4.98 Å². The molecule has 1 aromatic carbocycles. The molecule has 0 radical (unpaired) electrons. The van der Waals surface area contributed by atoms with Gasteiger partial charge in [0.15, 0.2) is 0 Å². The molecule has 0 saturated heterocycles. The van der Waals surface area contributed by atoms with Gasteiger partial charge in [-0.25, -0.2) is 9.59 Å². The summed E-state index contributed by atoms with van der Waals surface area (Å²) in [5.41, 5.74) is 1.18. The second-order valence-electron chi connectivity index (χ2n) is 4.05. The first-order chi connectivity index (χ1) is 9.63. The molecular formula is C15H13NO4. The monoisotopic (exact) mass is 271 g/mol. The molecule has 0 bridgehead atoms. The first kappa shape index (κ1) is 13.7. The van der Waals surface area contributed by atoms with Crippen LogP contribution in [0, 0.1) is 6.92 Å². The smallest absolute Gasteiger partial charge is 0.343 e. The molecule has 0 atom stereocenters. The van der Waals surface area contributed by atoms with E-state index >= 15 is 0 Å². The topological polar surface area (TPSA) is 65.5 Å². The third-order valence-corrected chi connectivity index (χ3v) is 2.80. The van der Waals surface area contributed by atoms with Crippen LogP contribution in [0.25, 0.3) is 0 Å². The number of hydrogen-bond donors (Lipinski definition) is 0. The van der Waals surface area contributed by atoms with Crippen LogP contribution in [-0.4, -0.2) is 24.0 Å². The number of benzene rings is 1. The maximum Gasteiger partial charge on any atom is 0.343 e. The summed E-state index contributed by atoms with van der Waals surface area (Å²) in [7, 11) is 1.29. The Labute approximate surface area is 116 Å². The molecule has 0 spiro atoms. The standard InChI is InChI=1S/C15H13NO4/c1-10-12(14(17)19-2)6-3-7-13(10)15(18)20-11-5-4-8-16-9-11/h3-9H,1-2H3. The molecule has 5 nitrogen and oxygen atoms in total. The molecule has 0 amide bonds. The number of carbonyl (C=O) groups excluding carboxylic acids is 2. The third-order valence-electron chi connectivity index (χ3n) is 2.80. The molecule has 0 saturated carbocycles. The first-order valence-electron chi connectivity index (χ1n) is 5.93. The average Bonchev–Trinajstić information content (AvgIpc) is 2.47. The van der Waals surface area contributed by atoms with Crippen molar-refractivity contribution in [3.8, 4) is 5.75 Å². The minimum Gasteiger partial charge on any atom is -0.465 e. The molecular weight excluding hydrogens is 258 g/mol. The molecule has 102 valence electrons. The van der Waals surface area contributed by atoms with Gasteiger partial charge in [-0.1, -0.05) is 6.07 Å². The summed E-state index contributed by atoms with van der Waals surface area (Å²) in [4.78, 5) is 27.5. The van der Waals surface area contributed by atoms with Crippen molar-refractivity contribution in [2.24, 2.45) is 0 Å². The molecule has 0 N–H and O–H groups in total. The van der Waals surface area contributed by atoms with Crippen LogP contribution in [0.2, 0.25) is 0 Å². The zero-order valence-corrected chi connectivity index (χ0v) is 11.1. The minimum absolute atomic E-state index is 0.316. The third kappa shape index (κ3) is 2.83. The van der Waals surface area contributed by atoms with E-state index in [0.717, 1.165) is 0 Å². The van der Waals surface area contributed by atoms with Gasteiger partial charge in [0, 0.05) is 6.20 Å². The molecule has 0 aliphatic rings. The van der Waals surface area contributed by atoms with E-state index in [-0.39, 0.29) is 0 Å². The van der Waals surface area contributed by atoms with Crippen LogP contribution in [0.4, 0.5) is 0 Å². The van der Waals surface area contributed by atoms with E-state index in [2.05, 4.69) is 9.72 Å². The molecule has 0 fully saturated rings. The highest BCUT2D eigenvalue weighted by Crippen LogP contribution is 2.17. The van der Waals surface area contributed by atoms with Gasteiger partial charge < -0.3 is 9.47 Å². The highest BCUT2D eigenvalue weighted by Gasteiger charge is 2.17. The van der Waals surface area contributed by atoms with Crippen LogP contribution in [0.3, 0.4) is 0 Å². The minimum atomic E-state index is -0.541. The number of hydrogen-bond acceptors (Lipinski definition) is 5. The van der Waals surface area contributed by atoms with Gasteiger partial charge in [-0.2, -0.15) is 0 Å². The second-order valence-corrected chi connectivity index (χ2v) is 4.05. The lowest BCUT2D eigenvalue weighted by molar-refractivity contribution is 0.0600. The molecule has 0 unspecified atom stereocenters. The summed E-state index contributed by atoms with van der Waals surface area (Å²) in [6, 6.07) is 8.10. The summed E-state index contributed by atoms with van der Waals surface area (Å²) in [5, 5.41) is 0.